The molecule has 4 aromatic carbocycles. The fourth-order valence-corrected chi connectivity index (χ4v) is 7.55. The highest BCUT2D eigenvalue weighted by Gasteiger charge is 2.17. The number of carbonyl (C=O) groups is 3. The van der Waals surface area contributed by atoms with Gasteiger partial charge in [-0.3, -0.25) is 24.2 Å². The maximum atomic E-state index is 13.6. The second-order valence-electron chi connectivity index (χ2n) is 16.2. The predicted molar refractivity (Wildman–Crippen MR) is 270 cm³/mol. The number of aryl methyl sites for hydroxylation is 1. The SMILES string of the molecule is COc1ccc(NC(=O)/C=C/CN(C)Cc2cc(C)cc(Nc3cc(Nc4cccc(NC(=O)/C=C/CN5CCN(C(C)=O)CC5)c4)ncn3)c2)cc1Nc1cc(Nc2ccc(F)c(Cl)c2)ncn1. The topological polar surface area (TPSA) is 194 Å². The number of carbonyl (C=O) groups excluding carboxylic acids is 3. The van der Waals surface area contributed by atoms with Crippen LogP contribution in [0, 0.1) is 12.7 Å². The summed E-state index contributed by atoms with van der Waals surface area (Å²) in [5.74, 6) is 1.61. The highest BCUT2D eigenvalue weighted by molar-refractivity contribution is 6.31. The molecule has 19 heteroatoms. The molecule has 0 unspecified atom stereocenters. The molecule has 17 nitrogen and oxygen atoms in total. The third-order valence-electron chi connectivity index (χ3n) is 10.7. The molecular weight excluding hydrogens is 901 g/mol. The van der Waals surface area contributed by atoms with Crippen LogP contribution in [0.3, 0.4) is 0 Å². The van der Waals surface area contributed by atoms with E-state index in [1.807, 2.05) is 55.3 Å². The summed E-state index contributed by atoms with van der Waals surface area (Å²) >= 11 is 5.93. The number of benzene rings is 4. The third-order valence-corrected chi connectivity index (χ3v) is 10.9. The number of hydrogen-bond donors (Lipinski definition) is 6. The van der Waals surface area contributed by atoms with Gasteiger partial charge < -0.3 is 41.5 Å². The van der Waals surface area contributed by atoms with E-state index in [1.165, 1.54) is 36.9 Å². The smallest absolute Gasteiger partial charge is 0.248 e. The molecule has 1 saturated heterocycles. The minimum Gasteiger partial charge on any atom is -0.495 e. The van der Waals surface area contributed by atoms with Gasteiger partial charge in [0.05, 0.1) is 17.8 Å². The highest BCUT2D eigenvalue weighted by atomic mass is 35.5. The Balaban J connectivity index is 0.876. The van der Waals surface area contributed by atoms with Crippen molar-refractivity contribution in [3.05, 3.63) is 150 Å². The molecule has 0 radical (unpaired) electrons. The minimum atomic E-state index is -0.521. The standard InChI is InChI=1S/C50H53ClFN13O4/c1-33-22-35(24-40(23-33)59-47-28-45(53-31-55-47)57-36-8-5-9-37(25-36)60-50(68)11-7-17-64-18-20-65(21-19-64)34(2)66)30-63(3)16-6-10-49(67)61-39-13-15-44(69-4)43(27-39)62-48-29-46(54-32-56-48)58-38-12-14-42(52)41(51)26-38/h5-15,22-29,31-32H,16-21,30H2,1-4H3,(H,60,68)(H,61,67)(H2,53,55,57,59)(H2,54,56,58,62)/b10-6+,11-7+. The first-order valence-corrected chi connectivity index (χ1v) is 22.4. The lowest BCUT2D eigenvalue weighted by Crippen LogP contribution is -2.47. The fourth-order valence-electron chi connectivity index (χ4n) is 7.37. The van der Waals surface area contributed by atoms with E-state index in [0.717, 1.165) is 35.6 Å². The van der Waals surface area contributed by atoms with Crippen LogP contribution in [0.25, 0.3) is 0 Å². The normalized spacial score (nSPS) is 12.8. The molecule has 2 aromatic heterocycles. The van der Waals surface area contributed by atoms with Gasteiger partial charge in [-0.15, -0.1) is 0 Å². The number of methoxy groups -OCH3 is 1. The summed E-state index contributed by atoms with van der Waals surface area (Å²) < 4.78 is 19.2. The van der Waals surface area contributed by atoms with Gasteiger partial charge in [-0.1, -0.05) is 35.9 Å². The van der Waals surface area contributed by atoms with Crippen molar-refractivity contribution < 1.29 is 23.5 Å². The Morgan fingerprint density at radius 1 is 0.710 bits per heavy atom. The molecule has 0 spiro atoms. The van der Waals surface area contributed by atoms with Crippen LogP contribution in [0.2, 0.25) is 5.02 Å². The number of rotatable bonds is 19. The number of hydrogen-bond acceptors (Lipinski definition) is 14. The summed E-state index contributed by atoms with van der Waals surface area (Å²) in [6, 6.07) is 26.5. The molecule has 356 valence electrons. The lowest BCUT2D eigenvalue weighted by atomic mass is 10.1. The van der Waals surface area contributed by atoms with Crippen LogP contribution in [0.5, 0.6) is 5.75 Å². The van der Waals surface area contributed by atoms with Crippen LogP contribution in [0.1, 0.15) is 18.1 Å². The summed E-state index contributed by atoms with van der Waals surface area (Å²) in [6.45, 7) is 8.32. The molecule has 1 aliphatic heterocycles. The van der Waals surface area contributed by atoms with Gasteiger partial charge >= 0.3 is 0 Å². The second-order valence-corrected chi connectivity index (χ2v) is 16.6. The zero-order chi connectivity index (χ0) is 48.7. The van der Waals surface area contributed by atoms with Gasteiger partial charge in [-0.25, -0.2) is 24.3 Å². The molecule has 1 aliphatic rings. The summed E-state index contributed by atoms with van der Waals surface area (Å²) in [5.41, 5.74) is 6.00. The van der Waals surface area contributed by atoms with Crippen LogP contribution in [-0.2, 0) is 20.9 Å². The maximum Gasteiger partial charge on any atom is 0.248 e. The van der Waals surface area contributed by atoms with Gasteiger partial charge in [0.1, 0.15) is 47.5 Å². The van der Waals surface area contributed by atoms with Crippen molar-refractivity contribution in [1.82, 2.24) is 34.6 Å². The van der Waals surface area contributed by atoms with Crippen molar-refractivity contribution >= 4 is 86.7 Å². The third kappa shape index (κ3) is 15.0. The number of nitrogens with one attached hydrogen (secondary N) is 6. The van der Waals surface area contributed by atoms with Gasteiger partial charge in [0, 0.05) is 105 Å². The Kier molecular flexibility index (Phi) is 16.8. The van der Waals surface area contributed by atoms with Crippen LogP contribution in [-0.4, -0.2) is 106 Å². The zero-order valence-electron chi connectivity index (χ0n) is 38.6. The Hall–Kier alpha value is -7.93. The first-order chi connectivity index (χ1) is 33.3. The van der Waals surface area contributed by atoms with Gasteiger partial charge in [0.25, 0.3) is 0 Å². The van der Waals surface area contributed by atoms with Gasteiger partial charge in [-0.05, 0) is 91.8 Å². The number of amides is 3. The molecular formula is C50H53ClFN13O4. The summed E-state index contributed by atoms with van der Waals surface area (Å²) in [5, 5.41) is 18.8. The molecule has 3 heterocycles. The lowest BCUT2D eigenvalue weighted by Gasteiger charge is -2.33. The van der Waals surface area contributed by atoms with Gasteiger partial charge in [-0.2, -0.15) is 0 Å². The molecule has 0 atom stereocenters. The van der Waals surface area contributed by atoms with Crippen molar-refractivity contribution in [3.63, 3.8) is 0 Å². The van der Waals surface area contributed by atoms with Crippen molar-refractivity contribution in [1.29, 1.82) is 0 Å². The Bertz CT molecular complexity index is 2840. The lowest BCUT2D eigenvalue weighted by molar-refractivity contribution is -0.130. The van der Waals surface area contributed by atoms with Crippen molar-refractivity contribution in [2.24, 2.45) is 0 Å². The number of ether oxygens (including phenoxy) is 1. The number of anilines is 10. The fraction of sp³-hybridized carbons (Fsp3) is 0.220. The predicted octanol–water partition coefficient (Wildman–Crippen LogP) is 8.64. The second kappa shape index (κ2) is 23.7. The zero-order valence-corrected chi connectivity index (χ0v) is 39.3. The number of piperazine rings is 1. The molecule has 0 aliphatic carbocycles. The molecule has 3 amide bonds. The van der Waals surface area contributed by atoms with Crippen molar-refractivity contribution in [2.45, 2.75) is 20.4 Å². The summed E-state index contributed by atoms with van der Waals surface area (Å²) in [7, 11) is 3.52. The van der Waals surface area contributed by atoms with Crippen LogP contribution < -0.4 is 36.6 Å². The molecule has 6 N–H and O–H groups in total. The molecule has 0 saturated carbocycles. The first kappa shape index (κ1) is 49.0. The number of nitrogens with zero attached hydrogens (tertiary/aromatic N) is 7. The van der Waals surface area contributed by atoms with Crippen LogP contribution in [0.4, 0.5) is 61.8 Å². The van der Waals surface area contributed by atoms with E-state index in [-0.39, 0.29) is 22.7 Å². The maximum absolute atomic E-state index is 13.6. The number of aromatic nitrogens is 4. The van der Waals surface area contributed by atoms with E-state index in [9.17, 15) is 18.8 Å². The largest absolute Gasteiger partial charge is 0.495 e. The molecule has 0 bridgehead atoms. The number of halogens is 2. The minimum absolute atomic E-state index is 0.0146. The molecule has 69 heavy (non-hydrogen) atoms. The monoisotopic (exact) mass is 953 g/mol. The summed E-state index contributed by atoms with van der Waals surface area (Å²) in [6.07, 6.45) is 9.51. The van der Waals surface area contributed by atoms with E-state index in [4.69, 9.17) is 16.3 Å². The van der Waals surface area contributed by atoms with Crippen LogP contribution >= 0.6 is 11.6 Å². The Morgan fingerprint density at radius 3 is 1.96 bits per heavy atom. The summed E-state index contributed by atoms with van der Waals surface area (Å²) in [4.78, 5) is 60.7. The number of likely N-dealkylation sites (N-methyl/N-ethyl adjacent to an activating group) is 1. The molecule has 1 fully saturated rings. The van der Waals surface area contributed by atoms with E-state index in [2.05, 4.69) is 73.8 Å². The Morgan fingerprint density at radius 2 is 1.30 bits per heavy atom. The highest BCUT2D eigenvalue weighted by Crippen LogP contribution is 2.31. The average molecular weight is 955 g/mol. The van der Waals surface area contributed by atoms with Crippen LogP contribution in [0.15, 0.2) is 128 Å². The average Bonchev–Trinajstić information content (AvgIpc) is 3.31. The quantitative estimate of drug-likeness (QED) is 0.0423. The van der Waals surface area contributed by atoms with E-state index in [0.29, 0.717) is 84.5 Å². The van der Waals surface area contributed by atoms with E-state index < -0.39 is 5.82 Å². The Labute approximate surface area is 404 Å². The van der Waals surface area contributed by atoms with Crippen molar-refractivity contribution in [3.8, 4) is 5.75 Å². The van der Waals surface area contributed by atoms with Gasteiger partial charge in [0.2, 0.25) is 17.7 Å². The molecule has 6 aromatic rings. The first-order valence-electron chi connectivity index (χ1n) is 22.0. The van der Waals surface area contributed by atoms with E-state index in [1.54, 1.807) is 56.5 Å². The molecule has 7 rings (SSSR count). The van der Waals surface area contributed by atoms with E-state index >= 15 is 0 Å². The van der Waals surface area contributed by atoms with Gasteiger partial charge in [0.15, 0.2) is 0 Å². The van der Waals surface area contributed by atoms with Crippen molar-refractivity contribution in [2.75, 3.05) is 85.3 Å².